The Balaban J connectivity index is 1.94. The van der Waals surface area contributed by atoms with Crippen molar-refractivity contribution >= 4 is 5.91 Å². The van der Waals surface area contributed by atoms with Crippen molar-refractivity contribution in [2.45, 2.75) is 32.6 Å². The monoisotopic (exact) mass is 240 g/mol. The molecule has 0 unspecified atom stereocenters. The van der Waals surface area contributed by atoms with Crippen molar-refractivity contribution in [1.29, 1.82) is 0 Å². The minimum absolute atomic E-state index is 0.220. The maximum absolute atomic E-state index is 11.9. The molecule has 17 heavy (non-hydrogen) atoms. The van der Waals surface area contributed by atoms with E-state index in [-0.39, 0.29) is 5.91 Å². The van der Waals surface area contributed by atoms with Crippen LogP contribution in [0.15, 0.2) is 0 Å². The number of rotatable bonds is 5. The number of likely N-dealkylation sites (tertiary alicyclic amines) is 1. The van der Waals surface area contributed by atoms with Crippen LogP contribution in [-0.4, -0.2) is 43.7 Å². The van der Waals surface area contributed by atoms with Crippen molar-refractivity contribution in [3.8, 4) is 0 Å². The molecule has 2 fully saturated rings. The van der Waals surface area contributed by atoms with E-state index in [0.29, 0.717) is 24.3 Å². The fourth-order valence-electron chi connectivity index (χ4n) is 3.19. The standard InChI is InChI=1S/C13H24N2O2/c1-2-17-9-11-8-15(12(16)4-7-14)10-13(11)5-3-6-13/h11H,2-10,14H2,1H3/t11-/m1/s1. The van der Waals surface area contributed by atoms with Crippen molar-refractivity contribution in [2.24, 2.45) is 17.1 Å². The molecular weight excluding hydrogens is 216 g/mol. The van der Waals surface area contributed by atoms with E-state index in [2.05, 4.69) is 0 Å². The second kappa shape index (κ2) is 5.36. The summed E-state index contributed by atoms with van der Waals surface area (Å²) < 4.78 is 5.57. The van der Waals surface area contributed by atoms with Gasteiger partial charge in [0.2, 0.25) is 5.91 Å². The van der Waals surface area contributed by atoms with Gasteiger partial charge in [-0.25, -0.2) is 0 Å². The Bertz CT molecular complexity index is 277. The molecule has 1 aliphatic carbocycles. The Morgan fingerprint density at radius 3 is 2.82 bits per heavy atom. The largest absolute Gasteiger partial charge is 0.381 e. The zero-order valence-corrected chi connectivity index (χ0v) is 10.8. The van der Waals surface area contributed by atoms with Crippen molar-refractivity contribution in [1.82, 2.24) is 4.90 Å². The van der Waals surface area contributed by atoms with Crippen molar-refractivity contribution in [3.05, 3.63) is 0 Å². The number of amides is 1. The average Bonchev–Trinajstić information content (AvgIpc) is 2.66. The average molecular weight is 240 g/mol. The molecule has 0 aromatic heterocycles. The normalized spacial score (nSPS) is 26.2. The third-order valence-electron chi connectivity index (χ3n) is 4.40. The predicted octanol–water partition coefficient (Wildman–Crippen LogP) is 1.00. The van der Waals surface area contributed by atoms with E-state index in [0.717, 1.165) is 26.3 Å². The molecule has 4 heteroatoms. The van der Waals surface area contributed by atoms with E-state index in [1.54, 1.807) is 0 Å². The molecule has 2 rings (SSSR count). The molecule has 0 aromatic rings. The van der Waals surface area contributed by atoms with Gasteiger partial charge in [-0.05, 0) is 25.2 Å². The van der Waals surface area contributed by atoms with Crippen molar-refractivity contribution in [3.63, 3.8) is 0 Å². The molecule has 0 radical (unpaired) electrons. The van der Waals surface area contributed by atoms with Crippen LogP contribution < -0.4 is 5.73 Å². The summed E-state index contributed by atoms with van der Waals surface area (Å²) in [5, 5.41) is 0. The highest BCUT2D eigenvalue weighted by molar-refractivity contribution is 5.76. The quantitative estimate of drug-likeness (QED) is 0.780. The molecule has 1 spiro atoms. The van der Waals surface area contributed by atoms with Gasteiger partial charge in [0, 0.05) is 38.6 Å². The Labute approximate surface area is 103 Å². The Kier molecular flexibility index (Phi) is 4.05. The summed E-state index contributed by atoms with van der Waals surface area (Å²) in [6.07, 6.45) is 4.31. The Morgan fingerprint density at radius 2 is 2.29 bits per heavy atom. The second-order valence-corrected chi connectivity index (χ2v) is 5.39. The maximum Gasteiger partial charge on any atom is 0.223 e. The fourth-order valence-corrected chi connectivity index (χ4v) is 3.19. The third kappa shape index (κ3) is 2.47. The summed E-state index contributed by atoms with van der Waals surface area (Å²) in [7, 11) is 0. The van der Waals surface area contributed by atoms with Gasteiger partial charge < -0.3 is 15.4 Å². The number of carbonyl (C=O) groups is 1. The SMILES string of the molecule is CCOC[C@H]1CN(C(=O)CCN)CC12CCC2. The molecule has 1 saturated heterocycles. The lowest BCUT2D eigenvalue weighted by molar-refractivity contribution is -0.130. The van der Waals surface area contributed by atoms with Crippen LogP contribution in [0.4, 0.5) is 0 Å². The third-order valence-corrected chi connectivity index (χ3v) is 4.40. The van der Waals surface area contributed by atoms with Crippen molar-refractivity contribution < 1.29 is 9.53 Å². The molecule has 0 aromatic carbocycles. The first-order valence-corrected chi connectivity index (χ1v) is 6.77. The van der Waals surface area contributed by atoms with Crippen LogP contribution in [0.3, 0.4) is 0 Å². The van der Waals surface area contributed by atoms with Crippen LogP contribution in [0.5, 0.6) is 0 Å². The van der Waals surface area contributed by atoms with Gasteiger partial charge in [-0.2, -0.15) is 0 Å². The molecule has 1 atom stereocenters. The first-order chi connectivity index (χ1) is 8.22. The van der Waals surface area contributed by atoms with Crippen LogP contribution in [0.1, 0.15) is 32.6 Å². The van der Waals surface area contributed by atoms with E-state index < -0.39 is 0 Å². The summed E-state index contributed by atoms with van der Waals surface area (Å²) in [6, 6.07) is 0. The first-order valence-electron chi connectivity index (χ1n) is 6.77. The topological polar surface area (TPSA) is 55.6 Å². The number of nitrogens with two attached hydrogens (primary N) is 1. The van der Waals surface area contributed by atoms with E-state index >= 15 is 0 Å². The lowest BCUT2D eigenvalue weighted by Crippen LogP contribution is -2.40. The predicted molar refractivity (Wildman–Crippen MR) is 66.5 cm³/mol. The summed E-state index contributed by atoms with van der Waals surface area (Å²) in [6.45, 7) is 5.87. The zero-order valence-electron chi connectivity index (χ0n) is 10.8. The number of hydrogen-bond acceptors (Lipinski definition) is 3. The highest BCUT2D eigenvalue weighted by Crippen LogP contribution is 2.51. The summed E-state index contributed by atoms with van der Waals surface area (Å²) in [5.41, 5.74) is 5.83. The van der Waals surface area contributed by atoms with Crippen LogP contribution in [0, 0.1) is 11.3 Å². The number of ether oxygens (including phenoxy) is 1. The highest BCUT2D eigenvalue weighted by atomic mass is 16.5. The molecule has 1 amide bonds. The minimum atomic E-state index is 0.220. The van der Waals surface area contributed by atoms with Crippen LogP contribution in [-0.2, 0) is 9.53 Å². The number of hydrogen-bond donors (Lipinski definition) is 1. The molecule has 4 nitrogen and oxygen atoms in total. The second-order valence-electron chi connectivity index (χ2n) is 5.39. The fraction of sp³-hybridized carbons (Fsp3) is 0.923. The molecule has 1 heterocycles. The lowest BCUT2D eigenvalue weighted by atomic mass is 9.63. The van der Waals surface area contributed by atoms with Crippen LogP contribution in [0.2, 0.25) is 0 Å². The lowest BCUT2D eigenvalue weighted by Gasteiger charge is -2.42. The van der Waals surface area contributed by atoms with Crippen LogP contribution in [0.25, 0.3) is 0 Å². The van der Waals surface area contributed by atoms with Gasteiger partial charge in [0.1, 0.15) is 0 Å². The molecule has 2 aliphatic rings. The van der Waals surface area contributed by atoms with E-state index in [1.165, 1.54) is 19.3 Å². The van der Waals surface area contributed by atoms with Gasteiger partial charge in [-0.3, -0.25) is 4.79 Å². The molecular formula is C13H24N2O2. The van der Waals surface area contributed by atoms with Gasteiger partial charge in [-0.15, -0.1) is 0 Å². The van der Waals surface area contributed by atoms with Gasteiger partial charge >= 0.3 is 0 Å². The zero-order chi connectivity index (χ0) is 12.3. The maximum atomic E-state index is 11.9. The van der Waals surface area contributed by atoms with Gasteiger partial charge in [0.15, 0.2) is 0 Å². The molecule has 0 bridgehead atoms. The molecule has 1 aliphatic heterocycles. The van der Waals surface area contributed by atoms with Crippen molar-refractivity contribution in [2.75, 3.05) is 32.8 Å². The molecule has 1 saturated carbocycles. The smallest absolute Gasteiger partial charge is 0.223 e. The summed E-state index contributed by atoms with van der Waals surface area (Å²) in [5.74, 6) is 0.760. The summed E-state index contributed by atoms with van der Waals surface area (Å²) in [4.78, 5) is 13.9. The first kappa shape index (κ1) is 12.8. The van der Waals surface area contributed by atoms with E-state index in [4.69, 9.17) is 10.5 Å². The van der Waals surface area contributed by atoms with Crippen LogP contribution >= 0.6 is 0 Å². The number of carbonyl (C=O) groups excluding carboxylic acids is 1. The molecule has 2 N–H and O–H groups in total. The summed E-state index contributed by atoms with van der Waals surface area (Å²) >= 11 is 0. The van der Waals surface area contributed by atoms with E-state index in [9.17, 15) is 4.79 Å². The number of nitrogens with zero attached hydrogens (tertiary/aromatic N) is 1. The Hall–Kier alpha value is -0.610. The minimum Gasteiger partial charge on any atom is -0.381 e. The van der Waals surface area contributed by atoms with Gasteiger partial charge in [0.05, 0.1) is 6.61 Å². The molecule has 98 valence electrons. The highest BCUT2D eigenvalue weighted by Gasteiger charge is 2.51. The van der Waals surface area contributed by atoms with Gasteiger partial charge in [0.25, 0.3) is 0 Å². The van der Waals surface area contributed by atoms with Gasteiger partial charge in [-0.1, -0.05) is 6.42 Å². The Morgan fingerprint density at radius 1 is 1.53 bits per heavy atom. The van der Waals surface area contributed by atoms with E-state index in [1.807, 2.05) is 11.8 Å².